The Bertz CT molecular complexity index is 1670. The molecule has 0 aliphatic rings. The van der Waals surface area contributed by atoms with Crippen molar-refractivity contribution in [2.75, 3.05) is 6.54 Å². The average Bonchev–Trinajstić information content (AvgIpc) is 3.72. The molecule has 4 atom stereocenters. The number of hydrogen-bond acceptors (Lipinski definition) is 7. The maximum atomic E-state index is 13.8. The van der Waals surface area contributed by atoms with E-state index in [1.807, 2.05) is 30.3 Å². The first-order chi connectivity index (χ1) is 22.6. The first-order valence-electron chi connectivity index (χ1n) is 15.1. The van der Waals surface area contributed by atoms with Gasteiger partial charge in [0.15, 0.2) is 5.96 Å². The number of H-pyrrole nitrogens is 2. The van der Waals surface area contributed by atoms with Gasteiger partial charge in [0, 0.05) is 48.4 Å². The molecule has 12 N–H and O–H groups in total. The molecule has 15 heteroatoms. The molecule has 2 aromatic heterocycles. The molecule has 0 aliphatic carbocycles. The number of aliphatic carboxylic acids is 1. The van der Waals surface area contributed by atoms with Gasteiger partial charge in [-0.05, 0) is 36.5 Å². The predicted octanol–water partition coefficient (Wildman–Crippen LogP) is -0.161. The van der Waals surface area contributed by atoms with E-state index >= 15 is 0 Å². The van der Waals surface area contributed by atoms with Gasteiger partial charge in [-0.25, -0.2) is 9.78 Å². The van der Waals surface area contributed by atoms with Crippen LogP contribution in [0.2, 0.25) is 0 Å². The number of nitrogens with zero attached hydrogens (tertiary/aromatic N) is 2. The molecule has 4 rings (SSSR count). The molecule has 0 aliphatic heterocycles. The summed E-state index contributed by atoms with van der Waals surface area (Å²) in [6.07, 6.45) is 5.41. The van der Waals surface area contributed by atoms with E-state index in [1.54, 1.807) is 30.5 Å². The Morgan fingerprint density at radius 2 is 1.49 bits per heavy atom. The second kappa shape index (κ2) is 16.6. The van der Waals surface area contributed by atoms with Crippen LogP contribution in [-0.4, -0.2) is 80.4 Å². The number of aromatic amines is 2. The molecule has 0 spiro atoms. The van der Waals surface area contributed by atoms with E-state index in [-0.39, 0.29) is 38.2 Å². The molecule has 0 bridgehead atoms. The van der Waals surface area contributed by atoms with Crippen molar-refractivity contribution in [2.24, 2.45) is 22.2 Å². The van der Waals surface area contributed by atoms with E-state index < -0.39 is 47.9 Å². The summed E-state index contributed by atoms with van der Waals surface area (Å²) in [5, 5.41) is 18.7. The van der Waals surface area contributed by atoms with Gasteiger partial charge in [0.1, 0.15) is 18.1 Å². The standard InChI is InChI=1S/C32H40N10O5/c33-23(14-20-16-38-24-10-5-4-9-22(20)24)28(43)41-27(15-21-17-36-18-39-21)30(45)42-26(13-19-7-2-1-3-8-19)29(44)40-25(31(46)47)11-6-12-37-32(34)35/h1-5,7-10,16-18,23,25-27,38H,6,11-15,33H2,(H,36,39)(H,40,44)(H,41,43)(H,42,45)(H,46,47)(H4,34,35,37). The van der Waals surface area contributed by atoms with Crippen molar-refractivity contribution in [1.29, 1.82) is 0 Å². The number of carboxylic acids is 1. The van der Waals surface area contributed by atoms with E-state index in [1.165, 1.54) is 12.5 Å². The quantitative estimate of drug-likeness (QED) is 0.0419. The number of guanidine groups is 1. The van der Waals surface area contributed by atoms with Gasteiger partial charge in [-0.3, -0.25) is 19.4 Å². The van der Waals surface area contributed by atoms with Crippen molar-refractivity contribution in [3.8, 4) is 0 Å². The van der Waals surface area contributed by atoms with Gasteiger partial charge in [-0.2, -0.15) is 0 Å². The molecule has 2 heterocycles. The highest BCUT2D eigenvalue weighted by molar-refractivity contribution is 5.94. The number of aromatic nitrogens is 3. The number of imidazole rings is 1. The number of amides is 3. The fourth-order valence-electron chi connectivity index (χ4n) is 5.10. The Balaban J connectivity index is 1.49. The normalized spacial score (nSPS) is 13.6. The van der Waals surface area contributed by atoms with E-state index in [9.17, 15) is 24.3 Å². The lowest BCUT2D eigenvalue weighted by molar-refractivity contribution is -0.142. The minimum Gasteiger partial charge on any atom is -0.480 e. The zero-order valence-electron chi connectivity index (χ0n) is 25.7. The summed E-state index contributed by atoms with van der Waals surface area (Å²) in [5.41, 5.74) is 20.0. The highest BCUT2D eigenvalue weighted by Gasteiger charge is 2.31. The molecule has 248 valence electrons. The number of para-hydroxylation sites is 1. The molecular weight excluding hydrogens is 604 g/mol. The Labute approximate surface area is 270 Å². The summed E-state index contributed by atoms with van der Waals surface area (Å²) in [7, 11) is 0. The SMILES string of the molecule is NC(N)=NCCCC(NC(=O)C(Cc1ccccc1)NC(=O)C(Cc1cnc[nH]1)NC(=O)C(N)Cc1c[nH]c2ccccc12)C(=O)O. The fraction of sp³-hybridized carbons (Fsp3) is 0.312. The average molecular weight is 645 g/mol. The first kappa shape index (κ1) is 34.2. The van der Waals surface area contributed by atoms with Crippen molar-refractivity contribution >= 4 is 40.6 Å². The molecule has 47 heavy (non-hydrogen) atoms. The zero-order valence-corrected chi connectivity index (χ0v) is 25.7. The van der Waals surface area contributed by atoms with Crippen LogP contribution in [0.15, 0.2) is 78.3 Å². The molecule has 4 aromatic rings. The third kappa shape index (κ3) is 10.2. The Morgan fingerprint density at radius 3 is 2.17 bits per heavy atom. The number of aliphatic imine (C=N–C) groups is 1. The van der Waals surface area contributed by atoms with Gasteiger partial charge in [0.05, 0.1) is 12.4 Å². The minimum absolute atomic E-state index is 0.0274. The molecular formula is C32H40N10O5. The number of hydrogen-bond donors (Lipinski definition) is 9. The Kier molecular flexibility index (Phi) is 12.0. The van der Waals surface area contributed by atoms with Crippen molar-refractivity contribution < 1.29 is 24.3 Å². The molecule has 15 nitrogen and oxygen atoms in total. The van der Waals surface area contributed by atoms with E-state index in [0.717, 1.165) is 22.0 Å². The number of carbonyl (C=O) groups is 4. The maximum Gasteiger partial charge on any atom is 0.326 e. The molecule has 0 radical (unpaired) electrons. The third-order valence-corrected chi connectivity index (χ3v) is 7.54. The highest BCUT2D eigenvalue weighted by Crippen LogP contribution is 2.19. The molecule has 0 saturated carbocycles. The lowest BCUT2D eigenvalue weighted by Gasteiger charge is -2.25. The summed E-state index contributed by atoms with van der Waals surface area (Å²) in [4.78, 5) is 66.5. The first-order valence-corrected chi connectivity index (χ1v) is 15.1. The minimum atomic E-state index is -1.25. The summed E-state index contributed by atoms with van der Waals surface area (Å²) >= 11 is 0. The number of nitrogens with two attached hydrogens (primary N) is 3. The second-order valence-corrected chi connectivity index (χ2v) is 11.1. The lowest BCUT2D eigenvalue weighted by Crippen LogP contribution is -2.58. The number of fused-ring (bicyclic) bond motifs is 1. The van der Waals surface area contributed by atoms with E-state index in [0.29, 0.717) is 12.1 Å². The number of carbonyl (C=O) groups excluding carboxylic acids is 3. The van der Waals surface area contributed by atoms with Crippen molar-refractivity contribution in [3.05, 3.63) is 90.1 Å². The molecule has 2 aromatic carbocycles. The van der Waals surface area contributed by atoms with Crippen molar-refractivity contribution in [3.63, 3.8) is 0 Å². The van der Waals surface area contributed by atoms with Crippen LogP contribution in [0.25, 0.3) is 10.9 Å². The number of rotatable bonds is 17. The van der Waals surface area contributed by atoms with Crippen LogP contribution in [0.4, 0.5) is 0 Å². The Morgan fingerprint density at radius 1 is 0.830 bits per heavy atom. The Hall–Kier alpha value is -5.70. The van der Waals surface area contributed by atoms with Crippen LogP contribution in [0.3, 0.4) is 0 Å². The van der Waals surface area contributed by atoms with Gasteiger partial charge in [-0.15, -0.1) is 0 Å². The number of benzene rings is 2. The molecule has 0 saturated heterocycles. The van der Waals surface area contributed by atoms with Gasteiger partial charge >= 0.3 is 5.97 Å². The predicted molar refractivity (Wildman–Crippen MR) is 176 cm³/mol. The fourth-order valence-corrected chi connectivity index (χ4v) is 5.10. The van der Waals surface area contributed by atoms with E-state index in [4.69, 9.17) is 17.2 Å². The van der Waals surface area contributed by atoms with Crippen LogP contribution >= 0.6 is 0 Å². The highest BCUT2D eigenvalue weighted by atomic mass is 16.4. The van der Waals surface area contributed by atoms with E-state index in [2.05, 4.69) is 35.9 Å². The van der Waals surface area contributed by atoms with Gasteiger partial charge in [-0.1, -0.05) is 48.5 Å². The van der Waals surface area contributed by atoms with Crippen LogP contribution in [-0.2, 0) is 38.4 Å². The smallest absolute Gasteiger partial charge is 0.326 e. The maximum absolute atomic E-state index is 13.8. The third-order valence-electron chi connectivity index (χ3n) is 7.54. The topological polar surface area (TPSA) is 259 Å². The van der Waals surface area contributed by atoms with Crippen LogP contribution in [0, 0.1) is 0 Å². The summed E-state index contributed by atoms with van der Waals surface area (Å²) in [6, 6.07) is 12.0. The lowest BCUT2D eigenvalue weighted by atomic mass is 10.0. The van der Waals surface area contributed by atoms with Crippen LogP contribution in [0.5, 0.6) is 0 Å². The van der Waals surface area contributed by atoms with Crippen LogP contribution < -0.4 is 33.2 Å². The monoisotopic (exact) mass is 644 g/mol. The second-order valence-electron chi connectivity index (χ2n) is 11.1. The molecule has 3 amide bonds. The number of carboxylic acid groups (broad SMARTS) is 1. The summed E-state index contributed by atoms with van der Waals surface area (Å²) in [5.74, 6) is -3.31. The zero-order chi connectivity index (χ0) is 33.8. The van der Waals surface area contributed by atoms with Crippen LogP contribution in [0.1, 0.15) is 29.7 Å². The van der Waals surface area contributed by atoms with Gasteiger partial charge in [0.2, 0.25) is 17.7 Å². The van der Waals surface area contributed by atoms with Gasteiger partial charge < -0.3 is 48.2 Å². The van der Waals surface area contributed by atoms with Crippen molar-refractivity contribution in [2.45, 2.75) is 56.3 Å². The summed E-state index contributed by atoms with van der Waals surface area (Å²) < 4.78 is 0. The van der Waals surface area contributed by atoms with Gasteiger partial charge in [0.25, 0.3) is 0 Å². The summed E-state index contributed by atoms with van der Waals surface area (Å²) in [6.45, 7) is 0.184. The molecule has 0 fully saturated rings. The number of nitrogens with one attached hydrogen (secondary N) is 5. The molecule has 4 unspecified atom stereocenters. The largest absolute Gasteiger partial charge is 0.480 e. The van der Waals surface area contributed by atoms with Crippen molar-refractivity contribution in [1.82, 2.24) is 30.9 Å².